The predicted octanol–water partition coefficient (Wildman–Crippen LogP) is 0.0268. The molecule has 10 heavy (non-hydrogen) atoms. The highest BCUT2D eigenvalue weighted by Crippen LogP contribution is 1.97. The standard InChI is InChI=1S/C5H9N3S2/c1-3-6-4(9)7-5(10)8(3)2/h3H,1-2H3,(H2,6,7,9,10). The fourth-order valence-corrected chi connectivity index (χ4v) is 1.28. The van der Waals surface area contributed by atoms with Crippen molar-refractivity contribution in [3.8, 4) is 0 Å². The summed E-state index contributed by atoms with van der Waals surface area (Å²) < 4.78 is 0. The molecule has 56 valence electrons. The molecule has 1 unspecified atom stereocenters. The lowest BCUT2D eigenvalue weighted by Gasteiger charge is -2.34. The minimum absolute atomic E-state index is 0.196. The van der Waals surface area contributed by atoms with Gasteiger partial charge in [0.15, 0.2) is 10.2 Å². The van der Waals surface area contributed by atoms with Gasteiger partial charge in [-0.1, -0.05) is 0 Å². The normalized spacial score (nSPS) is 25.8. The maximum absolute atomic E-state index is 4.97. The lowest BCUT2D eigenvalue weighted by Crippen LogP contribution is -2.60. The summed E-state index contributed by atoms with van der Waals surface area (Å²) in [4.78, 5) is 1.91. The van der Waals surface area contributed by atoms with Gasteiger partial charge in [-0.05, 0) is 31.4 Å². The zero-order valence-electron chi connectivity index (χ0n) is 5.84. The summed E-state index contributed by atoms with van der Waals surface area (Å²) in [6.45, 7) is 2.00. The SMILES string of the molecule is CC1NC(=S)NC(=S)N1C. The van der Waals surface area contributed by atoms with E-state index in [2.05, 4.69) is 10.6 Å². The van der Waals surface area contributed by atoms with Crippen molar-refractivity contribution in [2.45, 2.75) is 13.1 Å². The van der Waals surface area contributed by atoms with E-state index >= 15 is 0 Å². The van der Waals surface area contributed by atoms with E-state index in [0.29, 0.717) is 10.2 Å². The van der Waals surface area contributed by atoms with Crippen LogP contribution in [0, 0.1) is 0 Å². The van der Waals surface area contributed by atoms with Crippen molar-refractivity contribution in [3.63, 3.8) is 0 Å². The minimum Gasteiger partial charge on any atom is -0.342 e. The number of nitrogens with zero attached hydrogens (tertiary/aromatic N) is 1. The molecular formula is C5H9N3S2. The van der Waals surface area contributed by atoms with Gasteiger partial charge in [0, 0.05) is 7.05 Å². The molecule has 1 rings (SSSR count). The first kappa shape index (κ1) is 7.68. The third-order valence-electron chi connectivity index (χ3n) is 1.46. The molecule has 1 atom stereocenters. The quantitative estimate of drug-likeness (QED) is 0.507. The summed E-state index contributed by atoms with van der Waals surface area (Å²) in [5.41, 5.74) is 0. The summed E-state index contributed by atoms with van der Waals surface area (Å²) in [5.74, 6) is 0. The van der Waals surface area contributed by atoms with E-state index < -0.39 is 0 Å². The number of rotatable bonds is 0. The fraction of sp³-hybridized carbons (Fsp3) is 0.600. The van der Waals surface area contributed by atoms with Gasteiger partial charge in [-0.25, -0.2) is 0 Å². The number of hydrogen-bond acceptors (Lipinski definition) is 2. The van der Waals surface area contributed by atoms with Gasteiger partial charge >= 0.3 is 0 Å². The third kappa shape index (κ3) is 1.35. The predicted molar refractivity (Wildman–Crippen MR) is 48.7 cm³/mol. The molecule has 1 saturated heterocycles. The van der Waals surface area contributed by atoms with Gasteiger partial charge in [-0.3, -0.25) is 0 Å². The molecule has 0 aromatic heterocycles. The van der Waals surface area contributed by atoms with Crippen LogP contribution >= 0.6 is 24.4 Å². The second-order valence-corrected chi connectivity index (χ2v) is 2.99. The van der Waals surface area contributed by atoms with Crippen molar-refractivity contribution in [2.24, 2.45) is 0 Å². The minimum atomic E-state index is 0.196. The van der Waals surface area contributed by atoms with Gasteiger partial charge in [0.2, 0.25) is 0 Å². The molecule has 1 fully saturated rings. The van der Waals surface area contributed by atoms with Gasteiger partial charge < -0.3 is 15.5 Å². The van der Waals surface area contributed by atoms with Gasteiger partial charge in [-0.15, -0.1) is 0 Å². The van der Waals surface area contributed by atoms with Crippen molar-refractivity contribution >= 4 is 34.7 Å². The van der Waals surface area contributed by atoms with Gasteiger partial charge in [0.25, 0.3) is 0 Å². The van der Waals surface area contributed by atoms with E-state index in [4.69, 9.17) is 24.4 Å². The largest absolute Gasteiger partial charge is 0.342 e. The Bertz CT molecular complexity index is 180. The first-order valence-electron chi connectivity index (χ1n) is 2.95. The smallest absolute Gasteiger partial charge is 0.176 e. The summed E-state index contributed by atoms with van der Waals surface area (Å²) in [6, 6.07) is 0. The van der Waals surface area contributed by atoms with E-state index in [9.17, 15) is 0 Å². The molecule has 0 saturated carbocycles. The fourth-order valence-electron chi connectivity index (χ4n) is 0.684. The van der Waals surface area contributed by atoms with E-state index in [1.54, 1.807) is 0 Å². The Morgan fingerprint density at radius 1 is 1.50 bits per heavy atom. The molecule has 0 spiro atoms. The molecule has 0 aliphatic carbocycles. The summed E-state index contributed by atoms with van der Waals surface area (Å²) >= 11 is 9.85. The molecule has 5 heteroatoms. The Balaban J connectivity index is 2.66. The van der Waals surface area contributed by atoms with E-state index in [-0.39, 0.29) is 6.17 Å². The molecule has 1 heterocycles. The third-order valence-corrected chi connectivity index (χ3v) is 2.07. The Morgan fingerprint density at radius 2 is 2.10 bits per heavy atom. The van der Waals surface area contributed by atoms with Crippen molar-refractivity contribution in [1.82, 2.24) is 15.5 Å². The van der Waals surface area contributed by atoms with E-state index in [1.807, 2.05) is 18.9 Å². The lowest BCUT2D eigenvalue weighted by atomic mass is 10.5. The molecule has 0 aromatic carbocycles. The monoisotopic (exact) mass is 175 g/mol. The van der Waals surface area contributed by atoms with Gasteiger partial charge in [0.1, 0.15) is 0 Å². The second kappa shape index (κ2) is 2.67. The van der Waals surface area contributed by atoms with Crippen LogP contribution in [0.2, 0.25) is 0 Å². The molecule has 0 amide bonds. The van der Waals surface area contributed by atoms with Crippen LogP contribution in [0.15, 0.2) is 0 Å². The average molecular weight is 175 g/mol. The highest BCUT2D eigenvalue weighted by atomic mass is 32.1. The molecule has 0 aromatic rings. The molecule has 0 radical (unpaired) electrons. The number of thiocarbonyl (C=S) groups is 2. The highest BCUT2D eigenvalue weighted by molar-refractivity contribution is 7.81. The van der Waals surface area contributed by atoms with Crippen LogP contribution in [-0.4, -0.2) is 28.3 Å². The first-order chi connectivity index (χ1) is 4.61. The maximum atomic E-state index is 4.97. The lowest BCUT2D eigenvalue weighted by molar-refractivity contribution is 0.353. The van der Waals surface area contributed by atoms with Crippen molar-refractivity contribution < 1.29 is 0 Å². The van der Waals surface area contributed by atoms with Crippen LogP contribution < -0.4 is 10.6 Å². The summed E-state index contributed by atoms with van der Waals surface area (Å²) in [6.07, 6.45) is 0.196. The molecule has 2 N–H and O–H groups in total. The molecule has 1 aliphatic rings. The van der Waals surface area contributed by atoms with Crippen molar-refractivity contribution in [1.29, 1.82) is 0 Å². The number of hydrogen-bond donors (Lipinski definition) is 2. The molecule has 0 bridgehead atoms. The van der Waals surface area contributed by atoms with Crippen LogP contribution in [0.4, 0.5) is 0 Å². The van der Waals surface area contributed by atoms with Crippen molar-refractivity contribution in [2.75, 3.05) is 7.05 Å². The Kier molecular flexibility index (Phi) is 2.05. The maximum Gasteiger partial charge on any atom is 0.176 e. The summed E-state index contributed by atoms with van der Waals surface area (Å²) in [5, 5.41) is 7.14. The topological polar surface area (TPSA) is 27.3 Å². The Labute approximate surface area is 70.8 Å². The first-order valence-corrected chi connectivity index (χ1v) is 3.77. The van der Waals surface area contributed by atoms with Crippen LogP contribution in [0.3, 0.4) is 0 Å². The summed E-state index contributed by atoms with van der Waals surface area (Å²) in [7, 11) is 1.91. The van der Waals surface area contributed by atoms with Crippen LogP contribution in [-0.2, 0) is 0 Å². The zero-order valence-corrected chi connectivity index (χ0v) is 7.47. The Morgan fingerprint density at radius 3 is 2.60 bits per heavy atom. The zero-order chi connectivity index (χ0) is 7.72. The van der Waals surface area contributed by atoms with E-state index in [0.717, 1.165) is 0 Å². The molecule has 1 aliphatic heterocycles. The molecule has 3 nitrogen and oxygen atoms in total. The van der Waals surface area contributed by atoms with Gasteiger partial charge in [-0.2, -0.15) is 0 Å². The van der Waals surface area contributed by atoms with Crippen LogP contribution in [0.1, 0.15) is 6.92 Å². The van der Waals surface area contributed by atoms with Crippen molar-refractivity contribution in [3.05, 3.63) is 0 Å². The Hall–Kier alpha value is -0.420. The van der Waals surface area contributed by atoms with E-state index in [1.165, 1.54) is 0 Å². The van der Waals surface area contributed by atoms with Crippen LogP contribution in [0.5, 0.6) is 0 Å². The average Bonchev–Trinajstić information content (AvgIpc) is 1.82. The second-order valence-electron chi connectivity index (χ2n) is 2.19. The molecular weight excluding hydrogens is 166 g/mol. The number of nitrogens with one attached hydrogen (secondary N) is 2. The van der Waals surface area contributed by atoms with Gasteiger partial charge in [0.05, 0.1) is 6.17 Å². The highest BCUT2D eigenvalue weighted by Gasteiger charge is 2.18. The van der Waals surface area contributed by atoms with Crippen LogP contribution in [0.25, 0.3) is 0 Å².